The van der Waals surface area contributed by atoms with Crippen molar-refractivity contribution in [2.45, 2.75) is 46.5 Å². The van der Waals surface area contributed by atoms with Crippen molar-refractivity contribution in [3.63, 3.8) is 0 Å². The molecule has 0 atom stereocenters. The van der Waals surface area contributed by atoms with Gasteiger partial charge in [0.05, 0.1) is 10.6 Å². The molecular weight excluding hydrogens is 487 g/mol. The highest BCUT2D eigenvalue weighted by molar-refractivity contribution is 9.11. The van der Waals surface area contributed by atoms with E-state index in [1.165, 1.54) is 44.2 Å². The third-order valence-electron chi connectivity index (χ3n) is 5.14. The molecule has 0 unspecified atom stereocenters. The highest BCUT2D eigenvalue weighted by Crippen LogP contribution is 2.43. The number of halogens is 4. The molecule has 0 radical (unpaired) electrons. The number of benzene rings is 2. The topological polar surface area (TPSA) is 22.1 Å². The van der Waals surface area contributed by atoms with E-state index in [1.54, 1.807) is 6.07 Å². The summed E-state index contributed by atoms with van der Waals surface area (Å²) in [6.45, 7) is 7.61. The van der Waals surface area contributed by atoms with Crippen LogP contribution in [0.2, 0.25) is 0 Å². The molecule has 31 heavy (non-hydrogen) atoms. The third-order valence-corrected chi connectivity index (χ3v) is 6.69. The predicted molar refractivity (Wildman–Crippen MR) is 125 cm³/mol. The maximum atomic E-state index is 14.4. The lowest BCUT2D eigenvalue weighted by molar-refractivity contribution is -0.123. The molecule has 0 aliphatic rings. The molecule has 0 saturated carbocycles. The number of hydrogen-bond donors (Lipinski definition) is 0. The zero-order valence-electron chi connectivity index (χ0n) is 18.1. The van der Waals surface area contributed by atoms with Crippen molar-refractivity contribution in [2.75, 3.05) is 6.61 Å². The molecule has 0 spiro atoms. The Hall–Kier alpha value is -1.86. The van der Waals surface area contributed by atoms with Gasteiger partial charge in [-0.1, -0.05) is 65.0 Å². The number of alkyl halides is 2. The van der Waals surface area contributed by atoms with Crippen LogP contribution in [0.1, 0.15) is 46.1 Å². The van der Waals surface area contributed by atoms with E-state index in [1.807, 2.05) is 18.2 Å². The minimum atomic E-state index is -3.11. The number of hydrogen-bond acceptors (Lipinski definition) is 3. The van der Waals surface area contributed by atoms with Gasteiger partial charge in [-0.05, 0) is 45.1 Å². The fourth-order valence-corrected chi connectivity index (χ4v) is 4.49. The molecule has 1 aromatic heterocycles. The average molecular weight is 512 g/mol. The first-order valence-corrected chi connectivity index (χ1v) is 11.6. The number of thiazole rings is 1. The van der Waals surface area contributed by atoms with Crippen LogP contribution >= 0.6 is 27.3 Å². The van der Waals surface area contributed by atoms with Crippen LogP contribution < -0.4 is 4.74 Å². The van der Waals surface area contributed by atoms with E-state index in [0.717, 1.165) is 21.7 Å². The first kappa shape index (κ1) is 23.8. The van der Waals surface area contributed by atoms with E-state index in [2.05, 4.69) is 40.8 Å². The molecule has 0 aliphatic heterocycles. The van der Waals surface area contributed by atoms with Crippen LogP contribution in [-0.2, 0) is 0 Å². The van der Waals surface area contributed by atoms with E-state index in [4.69, 9.17) is 4.74 Å². The predicted octanol–water partition coefficient (Wildman–Crippen LogP) is 8.56. The monoisotopic (exact) mass is 511 g/mol. The van der Waals surface area contributed by atoms with Gasteiger partial charge >= 0.3 is 0 Å². The van der Waals surface area contributed by atoms with Crippen LogP contribution in [0.15, 0.2) is 46.4 Å². The van der Waals surface area contributed by atoms with Crippen molar-refractivity contribution >= 4 is 27.3 Å². The molecule has 0 fully saturated rings. The van der Waals surface area contributed by atoms with Crippen LogP contribution in [0.4, 0.5) is 13.2 Å². The van der Waals surface area contributed by atoms with Gasteiger partial charge in [-0.3, -0.25) is 0 Å². The van der Waals surface area contributed by atoms with Crippen molar-refractivity contribution in [3.8, 4) is 27.4 Å². The summed E-state index contributed by atoms with van der Waals surface area (Å²) in [7, 11) is 0. The maximum Gasteiger partial charge on any atom is 0.286 e. The lowest BCUT2D eigenvalue weighted by Crippen LogP contribution is -2.39. The molecule has 0 amide bonds. The third kappa shape index (κ3) is 5.14. The minimum absolute atomic E-state index is 0.200. The summed E-state index contributed by atoms with van der Waals surface area (Å²) in [5.74, 6) is -3.70. The number of ether oxygens (including phenoxy) is 1. The largest absolute Gasteiger partial charge is 0.484 e. The van der Waals surface area contributed by atoms with Crippen molar-refractivity contribution in [2.24, 2.45) is 5.41 Å². The summed E-state index contributed by atoms with van der Waals surface area (Å²) >= 11 is 4.86. The molecule has 0 bridgehead atoms. The van der Waals surface area contributed by atoms with Gasteiger partial charge in [0.1, 0.15) is 0 Å². The molecule has 0 saturated heterocycles. The second-order valence-corrected chi connectivity index (χ2v) is 11.0. The fourth-order valence-electron chi connectivity index (χ4n) is 3.03. The molecule has 166 valence electrons. The Balaban J connectivity index is 2.02. The van der Waals surface area contributed by atoms with E-state index in [9.17, 15) is 13.2 Å². The summed E-state index contributed by atoms with van der Waals surface area (Å²) in [4.78, 5) is 5.46. The average Bonchev–Trinajstić information content (AvgIpc) is 3.08. The molecule has 3 rings (SSSR count). The fraction of sp³-hybridized carbons (Fsp3) is 0.375. The zero-order valence-corrected chi connectivity index (χ0v) is 20.5. The Labute approximate surface area is 193 Å². The van der Waals surface area contributed by atoms with Crippen LogP contribution in [0.3, 0.4) is 0 Å². The first-order valence-electron chi connectivity index (χ1n) is 9.97. The van der Waals surface area contributed by atoms with E-state index < -0.39 is 23.8 Å². The van der Waals surface area contributed by atoms with Gasteiger partial charge < -0.3 is 4.74 Å². The van der Waals surface area contributed by atoms with Crippen LogP contribution in [0.5, 0.6) is 5.75 Å². The quantitative estimate of drug-likeness (QED) is 0.330. The number of rotatable bonds is 6. The summed E-state index contributed by atoms with van der Waals surface area (Å²) < 4.78 is 48.9. The van der Waals surface area contributed by atoms with E-state index in [0.29, 0.717) is 9.48 Å². The van der Waals surface area contributed by atoms with Crippen LogP contribution in [-0.4, -0.2) is 17.5 Å². The molecule has 0 N–H and O–H groups in total. The van der Waals surface area contributed by atoms with Gasteiger partial charge in [0.15, 0.2) is 22.1 Å². The van der Waals surface area contributed by atoms with Crippen LogP contribution in [0.25, 0.3) is 21.7 Å². The molecule has 1 heterocycles. The van der Waals surface area contributed by atoms with E-state index in [-0.39, 0.29) is 11.7 Å². The maximum absolute atomic E-state index is 14.4. The first-order chi connectivity index (χ1) is 14.4. The number of nitrogens with zero attached hydrogens (tertiary/aromatic N) is 1. The summed E-state index contributed by atoms with van der Waals surface area (Å²) in [5, 5.41) is 0. The lowest BCUT2D eigenvalue weighted by Gasteiger charge is -2.30. The van der Waals surface area contributed by atoms with Gasteiger partial charge in [-0.2, -0.15) is 0 Å². The Kier molecular flexibility index (Phi) is 6.87. The molecule has 7 heteroatoms. The Morgan fingerprint density at radius 3 is 2.42 bits per heavy atom. The van der Waals surface area contributed by atoms with Crippen LogP contribution in [0, 0.1) is 11.2 Å². The highest BCUT2D eigenvalue weighted by atomic mass is 79.9. The Bertz CT molecular complexity index is 1070. The second-order valence-electron chi connectivity index (χ2n) is 8.77. The lowest BCUT2D eigenvalue weighted by atomic mass is 9.88. The van der Waals surface area contributed by atoms with Gasteiger partial charge in [-0.25, -0.2) is 18.2 Å². The van der Waals surface area contributed by atoms with Gasteiger partial charge in [0, 0.05) is 11.0 Å². The summed E-state index contributed by atoms with van der Waals surface area (Å²) in [6.07, 6.45) is 0. The van der Waals surface area contributed by atoms with Crippen molar-refractivity contribution < 1.29 is 17.9 Å². The molecule has 0 aliphatic carbocycles. The molecule has 3 aromatic rings. The minimum Gasteiger partial charge on any atom is -0.484 e. The van der Waals surface area contributed by atoms with Crippen molar-refractivity contribution in [3.05, 3.63) is 57.8 Å². The van der Waals surface area contributed by atoms with Gasteiger partial charge in [0.2, 0.25) is 0 Å². The van der Waals surface area contributed by atoms with Gasteiger partial charge in [-0.15, -0.1) is 11.3 Å². The number of aromatic nitrogens is 1. The molecule has 2 nitrogen and oxygen atoms in total. The zero-order chi connectivity index (χ0) is 23.0. The highest BCUT2D eigenvalue weighted by Gasteiger charge is 2.44. The Morgan fingerprint density at radius 1 is 1.10 bits per heavy atom. The Morgan fingerprint density at radius 2 is 1.77 bits per heavy atom. The normalized spacial score (nSPS) is 12.5. The summed E-state index contributed by atoms with van der Waals surface area (Å²) in [5.41, 5.74) is 2.26. The SMILES string of the molecule is CC(C)c1ccccc1-c1nc(Br)sc1-c1ccc(F)c(OCC(F)(F)C(C)(C)C)c1. The standard InChI is InChI=1S/C24H25BrF3NOS/c1-14(2)16-8-6-7-9-17(16)20-21(31-22(25)29-20)15-10-11-18(26)19(12-15)30-13-24(27,28)23(3,4)5/h6-12,14H,13H2,1-5H3. The smallest absolute Gasteiger partial charge is 0.286 e. The second kappa shape index (κ2) is 8.94. The van der Waals surface area contributed by atoms with Crippen molar-refractivity contribution in [1.82, 2.24) is 4.98 Å². The summed E-state index contributed by atoms with van der Waals surface area (Å²) in [6, 6.07) is 12.3. The van der Waals surface area contributed by atoms with Crippen molar-refractivity contribution in [1.29, 1.82) is 0 Å². The van der Waals surface area contributed by atoms with E-state index >= 15 is 0 Å². The molecule has 2 aromatic carbocycles. The van der Waals surface area contributed by atoms with Gasteiger partial charge in [0.25, 0.3) is 5.92 Å². The molecular formula is C24H25BrF3NOS.